The largest absolute Gasteiger partial charge is 0.301 e. The molecule has 3 heterocycles. The third-order valence-electron chi connectivity index (χ3n) is 7.55. The van der Waals surface area contributed by atoms with Gasteiger partial charge in [-0.1, -0.05) is 6.92 Å². The molecule has 132 valence electrons. The van der Waals surface area contributed by atoms with Crippen LogP contribution in [-0.2, 0) is 0 Å². The molecular formula is C20H37N3. The molecule has 3 nitrogen and oxygen atoms in total. The molecule has 0 bridgehead atoms. The first kappa shape index (κ1) is 16.4. The fraction of sp³-hybridized carbons (Fsp3) is 1.00. The van der Waals surface area contributed by atoms with Gasteiger partial charge in [0.15, 0.2) is 0 Å². The van der Waals surface area contributed by atoms with Crippen LogP contribution in [0.4, 0.5) is 0 Å². The van der Waals surface area contributed by atoms with E-state index < -0.39 is 0 Å². The number of rotatable bonds is 3. The molecule has 0 atom stereocenters. The summed E-state index contributed by atoms with van der Waals surface area (Å²) in [7, 11) is 0. The van der Waals surface area contributed by atoms with Gasteiger partial charge < -0.3 is 9.80 Å². The van der Waals surface area contributed by atoms with Crippen molar-refractivity contribution in [2.24, 2.45) is 11.3 Å². The van der Waals surface area contributed by atoms with Crippen molar-refractivity contribution in [1.29, 1.82) is 0 Å². The van der Waals surface area contributed by atoms with E-state index >= 15 is 0 Å². The molecule has 0 radical (unpaired) electrons. The molecule has 4 fully saturated rings. The zero-order chi connectivity index (χ0) is 16.0. The average Bonchev–Trinajstić information content (AvgIpc) is 2.50. The van der Waals surface area contributed by atoms with Gasteiger partial charge in [-0.15, -0.1) is 0 Å². The van der Waals surface area contributed by atoms with Crippen molar-refractivity contribution < 1.29 is 0 Å². The minimum atomic E-state index is 0.736. The maximum atomic E-state index is 2.85. The van der Waals surface area contributed by atoms with Crippen LogP contribution in [0, 0.1) is 11.3 Å². The van der Waals surface area contributed by atoms with E-state index in [9.17, 15) is 0 Å². The number of piperidine rings is 2. The predicted molar refractivity (Wildman–Crippen MR) is 96.7 cm³/mol. The predicted octanol–water partition coefficient (Wildman–Crippen LogP) is 3.06. The maximum Gasteiger partial charge on any atom is 0.0120 e. The highest BCUT2D eigenvalue weighted by Crippen LogP contribution is 2.51. The van der Waals surface area contributed by atoms with Gasteiger partial charge in [0.05, 0.1) is 0 Å². The van der Waals surface area contributed by atoms with Gasteiger partial charge in [0.2, 0.25) is 0 Å². The van der Waals surface area contributed by atoms with Crippen molar-refractivity contribution in [3.8, 4) is 0 Å². The molecule has 3 heteroatoms. The summed E-state index contributed by atoms with van der Waals surface area (Å²) in [6.45, 7) is 15.3. The Morgan fingerprint density at radius 3 is 1.96 bits per heavy atom. The first-order chi connectivity index (χ1) is 11.0. The Morgan fingerprint density at radius 1 is 0.826 bits per heavy atom. The van der Waals surface area contributed by atoms with E-state index in [1.807, 2.05) is 0 Å². The third kappa shape index (κ3) is 3.21. The van der Waals surface area contributed by atoms with Crippen LogP contribution in [0.3, 0.4) is 0 Å². The lowest BCUT2D eigenvalue weighted by atomic mass is 9.59. The topological polar surface area (TPSA) is 9.72 Å². The van der Waals surface area contributed by atoms with E-state index in [1.165, 1.54) is 77.8 Å². The molecule has 1 saturated carbocycles. The number of likely N-dealkylation sites (tertiary alicyclic amines) is 3. The zero-order valence-electron chi connectivity index (χ0n) is 15.6. The van der Waals surface area contributed by atoms with Gasteiger partial charge in [0.25, 0.3) is 0 Å². The van der Waals surface area contributed by atoms with Gasteiger partial charge >= 0.3 is 0 Å². The SMILES string of the molecule is CC1CN(C2CCN(C3CC4(CCN(C(C)C)CC4)C3)CC2)C1. The van der Waals surface area contributed by atoms with Crippen LogP contribution in [0.2, 0.25) is 0 Å². The molecule has 0 N–H and O–H groups in total. The minimum absolute atomic E-state index is 0.736. The Morgan fingerprint density at radius 2 is 1.43 bits per heavy atom. The smallest absolute Gasteiger partial charge is 0.0120 e. The normalized spacial score (nSPS) is 32.3. The summed E-state index contributed by atoms with van der Waals surface area (Å²) in [5.41, 5.74) is 0.736. The highest BCUT2D eigenvalue weighted by Gasteiger charge is 2.48. The zero-order valence-corrected chi connectivity index (χ0v) is 15.6. The molecule has 1 aliphatic carbocycles. The molecule has 3 saturated heterocycles. The third-order valence-corrected chi connectivity index (χ3v) is 7.55. The van der Waals surface area contributed by atoms with Crippen LogP contribution in [0.1, 0.15) is 59.3 Å². The van der Waals surface area contributed by atoms with Crippen molar-refractivity contribution in [3.63, 3.8) is 0 Å². The fourth-order valence-corrected chi connectivity index (χ4v) is 5.78. The lowest BCUT2D eigenvalue weighted by Crippen LogP contribution is -2.59. The second-order valence-electron chi connectivity index (χ2n) is 9.52. The monoisotopic (exact) mass is 319 g/mol. The highest BCUT2D eigenvalue weighted by atomic mass is 15.3. The number of hydrogen-bond donors (Lipinski definition) is 0. The molecule has 23 heavy (non-hydrogen) atoms. The van der Waals surface area contributed by atoms with Crippen molar-refractivity contribution in [2.45, 2.75) is 77.4 Å². The van der Waals surface area contributed by atoms with Crippen molar-refractivity contribution in [3.05, 3.63) is 0 Å². The lowest BCUT2D eigenvalue weighted by Gasteiger charge is -2.57. The van der Waals surface area contributed by atoms with Crippen LogP contribution in [0.15, 0.2) is 0 Å². The number of hydrogen-bond acceptors (Lipinski definition) is 3. The van der Waals surface area contributed by atoms with Crippen molar-refractivity contribution in [2.75, 3.05) is 39.3 Å². The molecule has 0 amide bonds. The van der Waals surface area contributed by atoms with Gasteiger partial charge in [-0.25, -0.2) is 0 Å². The average molecular weight is 320 g/mol. The number of nitrogens with zero attached hydrogens (tertiary/aromatic N) is 3. The van der Waals surface area contributed by atoms with Crippen LogP contribution < -0.4 is 0 Å². The second kappa shape index (κ2) is 6.31. The van der Waals surface area contributed by atoms with E-state index in [0.29, 0.717) is 0 Å². The molecule has 0 aromatic carbocycles. The molecule has 4 aliphatic rings. The quantitative estimate of drug-likeness (QED) is 0.791. The van der Waals surface area contributed by atoms with Crippen LogP contribution in [-0.4, -0.2) is 72.1 Å². The lowest BCUT2D eigenvalue weighted by molar-refractivity contribution is -0.0639. The van der Waals surface area contributed by atoms with Crippen LogP contribution in [0.5, 0.6) is 0 Å². The molecule has 0 aromatic heterocycles. The summed E-state index contributed by atoms with van der Waals surface area (Å²) in [5, 5.41) is 0. The second-order valence-corrected chi connectivity index (χ2v) is 9.52. The molecule has 0 unspecified atom stereocenters. The van der Waals surface area contributed by atoms with Crippen molar-refractivity contribution in [1.82, 2.24) is 14.7 Å². The van der Waals surface area contributed by atoms with E-state index in [2.05, 4.69) is 35.5 Å². The highest BCUT2D eigenvalue weighted by molar-refractivity contribution is 5.02. The van der Waals surface area contributed by atoms with Crippen molar-refractivity contribution >= 4 is 0 Å². The fourth-order valence-electron chi connectivity index (χ4n) is 5.78. The Labute approximate surface area is 143 Å². The summed E-state index contributed by atoms with van der Waals surface area (Å²) in [5.74, 6) is 0.955. The van der Waals surface area contributed by atoms with E-state index in [0.717, 1.165) is 29.5 Å². The molecule has 4 rings (SSSR count). The molecule has 3 aliphatic heterocycles. The first-order valence-electron chi connectivity index (χ1n) is 10.3. The van der Waals surface area contributed by atoms with Gasteiger partial charge in [-0.3, -0.25) is 4.90 Å². The first-order valence-corrected chi connectivity index (χ1v) is 10.3. The Kier molecular flexibility index (Phi) is 4.49. The summed E-state index contributed by atoms with van der Waals surface area (Å²) in [4.78, 5) is 8.27. The van der Waals surface area contributed by atoms with E-state index in [1.54, 1.807) is 0 Å². The van der Waals surface area contributed by atoms with E-state index in [-0.39, 0.29) is 0 Å². The van der Waals surface area contributed by atoms with Crippen LogP contribution >= 0.6 is 0 Å². The van der Waals surface area contributed by atoms with Gasteiger partial charge in [-0.2, -0.15) is 0 Å². The Balaban J connectivity index is 1.20. The standard InChI is InChI=1S/C20H37N3/c1-16(2)21-10-6-20(7-11-21)12-19(13-20)22-8-4-18(5-9-22)23-14-17(3)15-23/h16-19H,4-15H2,1-3H3. The van der Waals surface area contributed by atoms with Gasteiger partial charge in [0.1, 0.15) is 0 Å². The molecular weight excluding hydrogens is 282 g/mol. The Bertz CT molecular complexity index is 391. The van der Waals surface area contributed by atoms with Gasteiger partial charge in [0, 0.05) is 31.2 Å². The summed E-state index contributed by atoms with van der Waals surface area (Å²) in [6, 6.07) is 2.58. The summed E-state index contributed by atoms with van der Waals surface area (Å²) in [6.07, 6.45) is 8.79. The Hall–Kier alpha value is -0.120. The summed E-state index contributed by atoms with van der Waals surface area (Å²) >= 11 is 0. The van der Waals surface area contributed by atoms with Crippen LogP contribution in [0.25, 0.3) is 0 Å². The van der Waals surface area contributed by atoms with Gasteiger partial charge in [-0.05, 0) is 89.9 Å². The maximum absolute atomic E-state index is 2.85. The summed E-state index contributed by atoms with van der Waals surface area (Å²) < 4.78 is 0. The molecule has 1 spiro atoms. The minimum Gasteiger partial charge on any atom is -0.301 e. The molecule has 0 aromatic rings. The van der Waals surface area contributed by atoms with E-state index in [4.69, 9.17) is 0 Å².